The van der Waals surface area contributed by atoms with Gasteiger partial charge in [-0.25, -0.2) is 0 Å². The molecule has 1 saturated heterocycles. The van der Waals surface area contributed by atoms with Crippen molar-refractivity contribution in [3.05, 3.63) is 35.4 Å². The highest BCUT2D eigenvalue weighted by atomic mass is 16.5. The van der Waals surface area contributed by atoms with Crippen molar-refractivity contribution < 1.29 is 4.74 Å². The predicted molar refractivity (Wildman–Crippen MR) is 80.8 cm³/mol. The van der Waals surface area contributed by atoms with E-state index in [4.69, 9.17) is 10.5 Å². The molecule has 3 rings (SSSR count). The van der Waals surface area contributed by atoms with Crippen molar-refractivity contribution in [3.8, 4) is 0 Å². The molecule has 110 valence electrons. The number of benzene rings is 1. The molecule has 2 N–H and O–H groups in total. The third kappa shape index (κ3) is 2.88. The lowest BCUT2D eigenvalue weighted by Crippen LogP contribution is -2.49. The van der Waals surface area contributed by atoms with Gasteiger partial charge in [-0.15, -0.1) is 0 Å². The Bertz CT molecular complexity index is 451. The SMILES string of the molecule is CN1CCOC(CN2CCc3ccccc3C2CN)C1. The Morgan fingerprint density at radius 2 is 2.15 bits per heavy atom. The maximum absolute atomic E-state index is 6.05. The van der Waals surface area contributed by atoms with Crippen LogP contribution in [0.5, 0.6) is 0 Å². The van der Waals surface area contributed by atoms with E-state index < -0.39 is 0 Å². The van der Waals surface area contributed by atoms with E-state index in [1.807, 2.05) is 0 Å². The van der Waals surface area contributed by atoms with E-state index in [2.05, 4.69) is 41.1 Å². The van der Waals surface area contributed by atoms with Crippen LogP contribution in [-0.4, -0.2) is 62.3 Å². The fourth-order valence-corrected chi connectivity index (χ4v) is 3.44. The molecule has 1 fully saturated rings. The summed E-state index contributed by atoms with van der Waals surface area (Å²) in [5, 5.41) is 0. The zero-order chi connectivity index (χ0) is 13.9. The smallest absolute Gasteiger partial charge is 0.0829 e. The Labute approximate surface area is 121 Å². The van der Waals surface area contributed by atoms with Crippen molar-refractivity contribution >= 4 is 0 Å². The fourth-order valence-electron chi connectivity index (χ4n) is 3.44. The monoisotopic (exact) mass is 275 g/mol. The molecule has 2 aliphatic rings. The van der Waals surface area contributed by atoms with Gasteiger partial charge in [-0.05, 0) is 24.6 Å². The van der Waals surface area contributed by atoms with Gasteiger partial charge in [0.05, 0.1) is 12.7 Å². The average molecular weight is 275 g/mol. The number of hydrogen-bond acceptors (Lipinski definition) is 4. The van der Waals surface area contributed by atoms with Crippen molar-refractivity contribution in [1.29, 1.82) is 0 Å². The molecule has 1 aromatic rings. The molecule has 4 nitrogen and oxygen atoms in total. The lowest BCUT2D eigenvalue weighted by Gasteiger charge is -2.40. The Balaban J connectivity index is 1.71. The molecule has 0 spiro atoms. The molecule has 0 saturated carbocycles. The first kappa shape index (κ1) is 14.0. The summed E-state index contributed by atoms with van der Waals surface area (Å²) < 4.78 is 5.91. The van der Waals surface area contributed by atoms with Crippen LogP contribution < -0.4 is 5.73 Å². The van der Waals surface area contributed by atoms with Crippen molar-refractivity contribution in [2.24, 2.45) is 5.73 Å². The summed E-state index contributed by atoms with van der Waals surface area (Å²) >= 11 is 0. The first-order valence-electron chi connectivity index (χ1n) is 7.60. The minimum Gasteiger partial charge on any atom is -0.374 e. The van der Waals surface area contributed by atoms with Gasteiger partial charge >= 0.3 is 0 Å². The maximum Gasteiger partial charge on any atom is 0.0829 e. The lowest BCUT2D eigenvalue weighted by atomic mass is 9.92. The van der Waals surface area contributed by atoms with Crippen LogP contribution in [-0.2, 0) is 11.2 Å². The second-order valence-electron chi connectivity index (χ2n) is 5.95. The number of hydrogen-bond donors (Lipinski definition) is 1. The van der Waals surface area contributed by atoms with E-state index in [9.17, 15) is 0 Å². The molecule has 0 aromatic heterocycles. The summed E-state index contributed by atoms with van der Waals surface area (Å²) in [6.45, 7) is 5.66. The zero-order valence-corrected chi connectivity index (χ0v) is 12.3. The molecule has 0 bridgehead atoms. The number of likely N-dealkylation sites (N-methyl/N-ethyl adjacent to an activating group) is 1. The topological polar surface area (TPSA) is 41.7 Å². The average Bonchev–Trinajstić information content (AvgIpc) is 2.47. The van der Waals surface area contributed by atoms with Gasteiger partial charge in [-0.2, -0.15) is 0 Å². The van der Waals surface area contributed by atoms with E-state index in [1.54, 1.807) is 0 Å². The second-order valence-corrected chi connectivity index (χ2v) is 5.95. The van der Waals surface area contributed by atoms with E-state index in [1.165, 1.54) is 11.1 Å². The Hall–Kier alpha value is -0.940. The second kappa shape index (κ2) is 6.22. The highest BCUT2D eigenvalue weighted by molar-refractivity contribution is 5.32. The molecule has 20 heavy (non-hydrogen) atoms. The first-order chi connectivity index (χ1) is 9.78. The normalized spacial score (nSPS) is 28.3. The van der Waals surface area contributed by atoms with Crippen molar-refractivity contribution in [1.82, 2.24) is 9.80 Å². The number of ether oxygens (including phenoxy) is 1. The van der Waals surface area contributed by atoms with E-state index >= 15 is 0 Å². The number of nitrogens with zero attached hydrogens (tertiary/aromatic N) is 2. The van der Waals surface area contributed by atoms with Gasteiger partial charge in [0.1, 0.15) is 0 Å². The molecule has 2 aliphatic heterocycles. The van der Waals surface area contributed by atoms with E-state index in [0.717, 1.165) is 39.2 Å². The van der Waals surface area contributed by atoms with Crippen LogP contribution in [0.1, 0.15) is 17.2 Å². The van der Waals surface area contributed by atoms with Crippen LogP contribution in [0.2, 0.25) is 0 Å². The first-order valence-corrected chi connectivity index (χ1v) is 7.60. The molecule has 0 aliphatic carbocycles. The molecule has 2 atom stereocenters. The van der Waals surface area contributed by atoms with E-state index in [0.29, 0.717) is 18.7 Å². The summed E-state index contributed by atoms with van der Waals surface area (Å²) in [7, 11) is 2.17. The minimum atomic E-state index is 0.313. The van der Waals surface area contributed by atoms with Gasteiger partial charge in [-0.1, -0.05) is 24.3 Å². The zero-order valence-electron chi connectivity index (χ0n) is 12.3. The number of nitrogens with two attached hydrogens (primary N) is 1. The van der Waals surface area contributed by atoms with Crippen LogP contribution in [0, 0.1) is 0 Å². The summed E-state index contributed by atoms with van der Waals surface area (Å²) in [4.78, 5) is 4.86. The Morgan fingerprint density at radius 1 is 1.30 bits per heavy atom. The molecule has 0 radical (unpaired) electrons. The number of morpholine rings is 1. The van der Waals surface area contributed by atoms with E-state index in [-0.39, 0.29) is 0 Å². The summed E-state index contributed by atoms with van der Waals surface area (Å²) in [5.41, 5.74) is 8.91. The Kier molecular flexibility index (Phi) is 4.36. The van der Waals surface area contributed by atoms with Crippen molar-refractivity contribution in [2.45, 2.75) is 18.6 Å². The van der Waals surface area contributed by atoms with Crippen molar-refractivity contribution in [3.63, 3.8) is 0 Å². The third-order valence-electron chi connectivity index (χ3n) is 4.53. The van der Waals surface area contributed by atoms with Crippen molar-refractivity contribution in [2.75, 3.05) is 46.4 Å². The van der Waals surface area contributed by atoms with Gasteiger partial charge in [0.25, 0.3) is 0 Å². The largest absolute Gasteiger partial charge is 0.374 e. The quantitative estimate of drug-likeness (QED) is 0.889. The van der Waals surface area contributed by atoms with Gasteiger partial charge in [0, 0.05) is 38.8 Å². The van der Waals surface area contributed by atoms with Gasteiger partial charge in [-0.3, -0.25) is 4.90 Å². The molecule has 0 amide bonds. The van der Waals surface area contributed by atoms with Gasteiger partial charge < -0.3 is 15.4 Å². The van der Waals surface area contributed by atoms with Crippen LogP contribution >= 0.6 is 0 Å². The summed E-state index contributed by atoms with van der Waals surface area (Å²) in [6, 6.07) is 9.06. The van der Waals surface area contributed by atoms with Crippen LogP contribution in [0.3, 0.4) is 0 Å². The van der Waals surface area contributed by atoms with Crippen LogP contribution in [0.25, 0.3) is 0 Å². The number of rotatable bonds is 3. The standard InChI is InChI=1S/C16H25N3O/c1-18-8-9-20-14(11-18)12-19-7-6-13-4-2-3-5-15(13)16(19)10-17/h2-5,14,16H,6-12,17H2,1H3. The number of fused-ring (bicyclic) bond motifs is 1. The van der Waals surface area contributed by atoms with Crippen LogP contribution in [0.15, 0.2) is 24.3 Å². The summed E-state index contributed by atoms with van der Waals surface area (Å²) in [6.07, 6.45) is 1.43. The molecular formula is C16H25N3O. The molecule has 4 heteroatoms. The van der Waals surface area contributed by atoms with Gasteiger partial charge in [0.15, 0.2) is 0 Å². The Morgan fingerprint density at radius 3 is 2.95 bits per heavy atom. The minimum absolute atomic E-state index is 0.313. The molecule has 2 heterocycles. The van der Waals surface area contributed by atoms with Gasteiger partial charge in [0.2, 0.25) is 0 Å². The fraction of sp³-hybridized carbons (Fsp3) is 0.625. The lowest BCUT2D eigenvalue weighted by molar-refractivity contribution is -0.0421. The highest BCUT2D eigenvalue weighted by Crippen LogP contribution is 2.29. The molecule has 2 unspecified atom stereocenters. The van der Waals surface area contributed by atoms with Crippen LogP contribution in [0.4, 0.5) is 0 Å². The maximum atomic E-state index is 6.05. The predicted octanol–water partition coefficient (Wildman–Crippen LogP) is 0.875. The molecular weight excluding hydrogens is 250 g/mol. The molecule has 1 aromatic carbocycles. The third-order valence-corrected chi connectivity index (χ3v) is 4.53. The highest BCUT2D eigenvalue weighted by Gasteiger charge is 2.29. The summed E-state index contributed by atoms with van der Waals surface area (Å²) in [5.74, 6) is 0.